The van der Waals surface area contributed by atoms with Crippen molar-refractivity contribution < 1.29 is 72.4 Å². The molecule has 0 unspecified atom stereocenters. The lowest BCUT2D eigenvalue weighted by atomic mass is 9.77. The summed E-state index contributed by atoms with van der Waals surface area (Å²) < 4.78 is 67.0. The van der Waals surface area contributed by atoms with Gasteiger partial charge in [0.2, 0.25) is 0 Å². The highest BCUT2D eigenvalue weighted by Gasteiger charge is 2.53. The quantitative estimate of drug-likeness (QED) is 0.0962. The van der Waals surface area contributed by atoms with Gasteiger partial charge in [-0.3, -0.25) is 14.9 Å². The Balaban J connectivity index is 1.47. The van der Waals surface area contributed by atoms with Crippen LogP contribution in [0, 0.1) is 27.9 Å². The number of methoxy groups -OCH3 is 3. The Labute approximate surface area is 436 Å². The van der Waals surface area contributed by atoms with Crippen molar-refractivity contribution >= 4 is 11.7 Å². The number of aliphatic hydroxyl groups excluding tert-OH is 3. The number of nitro benzene ring substituents is 1. The number of rotatable bonds is 17. The van der Waals surface area contributed by atoms with Crippen LogP contribution >= 0.6 is 0 Å². The monoisotopic (exact) mass is 1050 g/mol. The second kappa shape index (κ2) is 25.9. The average molecular weight is 1060 g/mol. The second-order valence-corrected chi connectivity index (χ2v) is 22.0. The van der Waals surface area contributed by atoms with Crippen LogP contribution in [0.15, 0.2) is 30.5 Å². The minimum Gasteiger partial charge on any atom is -0.459 e. The number of carbonyl (C=O) groups is 1. The van der Waals surface area contributed by atoms with E-state index in [0.717, 1.165) is 0 Å². The summed E-state index contributed by atoms with van der Waals surface area (Å²) in [5, 5.41) is 67.0. The molecule has 1 aromatic carbocycles. The first kappa shape index (κ1) is 61.5. The van der Waals surface area contributed by atoms with Crippen molar-refractivity contribution in [3.63, 3.8) is 0 Å². The van der Waals surface area contributed by atoms with E-state index in [1.165, 1.54) is 50.1 Å². The summed E-state index contributed by atoms with van der Waals surface area (Å²) in [5.74, 6) is -2.58. The molecule has 4 heterocycles. The van der Waals surface area contributed by atoms with E-state index in [4.69, 9.17) is 37.9 Å². The number of carbonyl (C=O) groups excluding carboxylic acids is 1. The standard InChI is InChI=1S/C52H87FN6O15/c1-16-40-52(10,64)45(61)33(6)57(12)27-29(2)24-51(9,69-15)47(31(4)43(32(5)48(63)72-40)73-41-25-50(8,68-14)46(62)34(7)71-41)74-49-42(60)38(23-30(3)70-49)56(11)22-21-36-28-58(55-54-36)39(26-53)44(67-13)35-17-19-37(20-18-35)59(65)66/h17-20,28-34,38-47,49,60-62,64H,16,21-27H2,1-15H3/t29-,30-,31+,32-,33-,34+,38+,39-,40-,41+,42-,43+,44-,45-,46+,47-,49+,50-,51-,52-/m1/s1. The van der Waals surface area contributed by atoms with Gasteiger partial charge in [0.25, 0.3) is 5.69 Å². The Hall–Kier alpha value is -3.36. The molecule has 1 aromatic heterocycles. The number of likely N-dealkylation sites (N-methyl/N-ethyl adjacent to an activating group) is 2. The van der Waals surface area contributed by atoms with E-state index < -0.39 is 132 Å². The van der Waals surface area contributed by atoms with Crippen LogP contribution in [0.2, 0.25) is 0 Å². The van der Waals surface area contributed by atoms with Gasteiger partial charge < -0.3 is 68.1 Å². The third-order valence-corrected chi connectivity index (χ3v) is 16.4. The van der Waals surface area contributed by atoms with Crippen LogP contribution in [0.1, 0.15) is 118 Å². The third kappa shape index (κ3) is 13.8. The lowest BCUT2D eigenvalue weighted by molar-refractivity contribution is -0.384. The molecule has 20 atom stereocenters. The first-order valence-corrected chi connectivity index (χ1v) is 26.0. The second-order valence-electron chi connectivity index (χ2n) is 22.0. The van der Waals surface area contributed by atoms with Crippen LogP contribution < -0.4 is 0 Å². The van der Waals surface area contributed by atoms with Gasteiger partial charge in [-0.05, 0) is 105 Å². The third-order valence-electron chi connectivity index (χ3n) is 16.4. The van der Waals surface area contributed by atoms with Crippen molar-refractivity contribution in [1.29, 1.82) is 0 Å². The van der Waals surface area contributed by atoms with Gasteiger partial charge in [0.15, 0.2) is 12.6 Å². The minimum atomic E-state index is -1.84. The fourth-order valence-electron chi connectivity index (χ4n) is 11.5. The predicted octanol–water partition coefficient (Wildman–Crippen LogP) is 4.57. The van der Waals surface area contributed by atoms with Crippen molar-refractivity contribution in [2.45, 2.75) is 204 Å². The number of cyclic esters (lactones) is 1. The van der Waals surface area contributed by atoms with E-state index in [1.54, 1.807) is 41.0 Å². The Morgan fingerprint density at radius 2 is 1.62 bits per heavy atom. The molecule has 0 spiro atoms. The van der Waals surface area contributed by atoms with E-state index in [2.05, 4.69) is 17.2 Å². The molecule has 3 saturated heterocycles. The number of ether oxygens (including phenoxy) is 8. The van der Waals surface area contributed by atoms with Gasteiger partial charge in [0, 0.05) is 83.6 Å². The number of nitrogens with zero attached hydrogens (tertiary/aromatic N) is 6. The number of nitro groups is 1. The van der Waals surface area contributed by atoms with Gasteiger partial charge in [-0.15, -0.1) is 5.10 Å². The molecule has 0 bridgehead atoms. The number of alkyl halides is 1. The van der Waals surface area contributed by atoms with Crippen LogP contribution in [0.25, 0.3) is 0 Å². The van der Waals surface area contributed by atoms with Gasteiger partial charge in [0.1, 0.15) is 48.8 Å². The maximum atomic E-state index is 14.7. The van der Waals surface area contributed by atoms with E-state index >= 15 is 0 Å². The van der Waals surface area contributed by atoms with E-state index in [-0.39, 0.29) is 24.4 Å². The highest BCUT2D eigenvalue weighted by molar-refractivity contribution is 5.73. The molecule has 422 valence electrons. The number of non-ortho nitro benzene ring substituents is 1. The van der Waals surface area contributed by atoms with Crippen molar-refractivity contribution in [2.24, 2.45) is 17.8 Å². The molecular weight excluding hydrogens is 968 g/mol. The van der Waals surface area contributed by atoms with Gasteiger partial charge in [-0.1, -0.05) is 26.0 Å². The largest absolute Gasteiger partial charge is 0.459 e. The van der Waals surface area contributed by atoms with Crippen molar-refractivity contribution in [2.75, 3.05) is 55.2 Å². The molecule has 0 saturated carbocycles. The normalized spacial score (nSPS) is 39.2. The molecule has 5 rings (SSSR count). The minimum absolute atomic E-state index is 0.0995. The summed E-state index contributed by atoms with van der Waals surface area (Å²) in [6.45, 7) is 18.0. The van der Waals surface area contributed by atoms with Crippen LogP contribution in [0.5, 0.6) is 0 Å². The Morgan fingerprint density at radius 3 is 2.20 bits per heavy atom. The number of aromatic nitrogens is 3. The molecular formula is C52H87FN6O15. The molecule has 0 aliphatic carbocycles. The molecule has 74 heavy (non-hydrogen) atoms. The molecule has 3 aliphatic rings. The van der Waals surface area contributed by atoms with Crippen molar-refractivity contribution in [3.05, 3.63) is 51.8 Å². The molecule has 0 amide bonds. The Bertz CT molecular complexity index is 2090. The topological polar surface area (TPSA) is 252 Å². The number of halogens is 1. The lowest BCUT2D eigenvalue weighted by Crippen LogP contribution is -2.61. The number of benzene rings is 1. The fraction of sp³-hybridized carbons (Fsp3) is 0.827. The predicted molar refractivity (Wildman–Crippen MR) is 269 cm³/mol. The Kier molecular flexibility index (Phi) is 21.5. The number of aliphatic hydroxyl groups is 4. The molecule has 2 aromatic rings. The highest BCUT2D eigenvalue weighted by atomic mass is 19.1. The summed E-state index contributed by atoms with van der Waals surface area (Å²) in [5.41, 5.74) is -3.05. The zero-order chi connectivity index (χ0) is 55.2. The maximum Gasteiger partial charge on any atom is 0.311 e. The number of hydrogen-bond donors (Lipinski definition) is 4. The van der Waals surface area contributed by atoms with E-state index in [0.29, 0.717) is 43.6 Å². The summed E-state index contributed by atoms with van der Waals surface area (Å²) in [7, 11) is 8.26. The molecule has 3 aliphatic heterocycles. The molecule has 0 radical (unpaired) electrons. The number of esters is 1. The zero-order valence-electron chi connectivity index (χ0n) is 46.2. The lowest BCUT2D eigenvalue weighted by Gasteiger charge is -2.49. The van der Waals surface area contributed by atoms with Gasteiger partial charge in [-0.2, -0.15) is 0 Å². The number of hydrogen-bond acceptors (Lipinski definition) is 19. The molecule has 22 heteroatoms. The SMILES string of the molecule is CC[C@H]1OC(=O)[C@H](C)[C@@H](O[C@H]2C[C@@](C)(OC)[C@@H](O)[C@H](C)O2)[C@H](C)[C@@H](O[C@@H]2O[C@H](C)C[C@H](N(C)CCc3cn([C@H](CF)[C@H](OC)c4ccc([N+](=O)[O-])cc4)nn3)[C@H]2O)[C@](C)(OC)C[C@@H](C)CN(C)[C@H](C)[C@@H](O)[C@]1(C)O. The molecule has 3 fully saturated rings. The summed E-state index contributed by atoms with van der Waals surface area (Å²) >= 11 is 0. The first-order valence-electron chi connectivity index (χ1n) is 26.0. The summed E-state index contributed by atoms with van der Waals surface area (Å²) in [4.78, 5) is 29.3. The van der Waals surface area contributed by atoms with E-state index in [9.17, 15) is 39.7 Å². The van der Waals surface area contributed by atoms with Crippen LogP contribution in [-0.2, 0) is 49.1 Å². The van der Waals surface area contributed by atoms with Crippen LogP contribution in [0.4, 0.5) is 10.1 Å². The molecule has 21 nitrogen and oxygen atoms in total. The maximum absolute atomic E-state index is 14.7. The van der Waals surface area contributed by atoms with Crippen LogP contribution in [0.3, 0.4) is 0 Å². The Morgan fingerprint density at radius 1 is 0.973 bits per heavy atom. The summed E-state index contributed by atoms with van der Waals surface area (Å²) in [6.07, 6.45) is -7.56. The fourth-order valence-corrected chi connectivity index (χ4v) is 11.5. The summed E-state index contributed by atoms with van der Waals surface area (Å²) in [6, 6.07) is 3.78. The molecule has 4 N–H and O–H groups in total. The van der Waals surface area contributed by atoms with Crippen LogP contribution in [-0.4, -0.2) is 202 Å². The van der Waals surface area contributed by atoms with Gasteiger partial charge in [0.05, 0.1) is 52.2 Å². The average Bonchev–Trinajstić information content (AvgIpc) is 3.84. The van der Waals surface area contributed by atoms with Gasteiger partial charge in [-0.25, -0.2) is 9.07 Å². The zero-order valence-corrected chi connectivity index (χ0v) is 46.2. The van der Waals surface area contributed by atoms with Crippen molar-refractivity contribution in [1.82, 2.24) is 24.8 Å². The first-order chi connectivity index (χ1) is 34.7. The van der Waals surface area contributed by atoms with Gasteiger partial charge >= 0.3 is 5.97 Å². The van der Waals surface area contributed by atoms with Crippen molar-refractivity contribution in [3.8, 4) is 0 Å². The highest BCUT2D eigenvalue weighted by Crippen LogP contribution is 2.42. The smallest absolute Gasteiger partial charge is 0.311 e. The van der Waals surface area contributed by atoms with E-state index in [1.807, 2.05) is 51.6 Å².